The summed E-state index contributed by atoms with van der Waals surface area (Å²) in [7, 11) is 1.52. The number of nitrogens with one attached hydrogen (secondary N) is 1. The summed E-state index contributed by atoms with van der Waals surface area (Å²) in [5.74, 6) is 1.03. The van der Waals surface area contributed by atoms with Crippen LogP contribution in [-0.4, -0.2) is 32.0 Å². The van der Waals surface area contributed by atoms with Crippen molar-refractivity contribution < 1.29 is 23.8 Å². The van der Waals surface area contributed by atoms with Crippen LogP contribution in [0.2, 0.25) is 5.02 Å². The molecule has 1 N–H and O–H groups in total. The number of benzene rings is 2. The minimum absolute atomic E-state index is 0.0273. The second-order valence-electron chi connectivity index (χ2n) is 5.71. The third-order valence-corrected chi connectivity index (χ3v) is 4.15. The van der Waals surface area contributed by atoms with Crippen LogP contribution in [0.5, 0.6) is 17.2 Å². The maximum Gasteiger partial charge on any atom is 0.262 e. The fourth-order valence-electron chi connectivity index (χ4n) is 2.62. The Labute approximate surface area is 161 Å². The lowest BCUT2D eigenvalue weighted by Gasteiger charge is -2.18. The van der Waals surface area contributed by atoms with Crippen molar-refractivity contribution in [3.8, 4) is 17.2 Å². The molecular weight excluding hydrogens is 370 g/mol. The van der Waals surface area contributed by atoms with Crippen molar-refractivity contribution in [2.24, 2.45) is 0 Å². The Morgan fingerprint density at radius 3 is 2.89 bits per heavy atom. The number of methoxy groups -OCH3 is 1. The summed E-state index contributed by atoms with van der Waals surface area (Å²) in [6.45, 7) is 2.29. The molecule has 0 unspecified atom stereocenters. The number of allylic oxidation sites excluding steroid dienone is 1. The minimum atomic E-state index is -0.251. The molecule has 0 spiro atoms. The van der Waals surface area contributed by atoms with Gasteiger partial charge in [-0.2, -0.15) is 0 Å². The van der Waals surface area contributed by atoms with Crippen LogP contribution in [0.25, 0.3) is 6.08 Å². The van der Waals surface area contributed by atoms with E-state index in [1.807, 2.05) is 6.92 Å². The van der Waals surface area contributed by atoms with E-state index in [0.29, 0.717) is 45.7 Å². The van der Waals surface area contributed by atoms with Gasteiger partial charge in [0.25, 0.3) is 5.91 Å². The average Bonchev–Trinajstić information content (AvgIpc) is 2.67. The Bertz CT molecular complexity index is 923. The first-order valence-corrected chi connectivity index (χ1v) is 8.69. The summed E-state index contributed by atoms with van der Waals surface area (Å²) in [5.41, 5.74) is 1.61. The van der Waals surface area contributed by atoms with Gasteiger partial charge in [0, 0.05) is 5.56 Å². The Morgan fingerprint density at radius 2 is 2.15 bits per heavy atom. The van der Waals surface area contributed by atoms with Crippen molar-refractivity contribution in [2.75, 3.05) is 25.6 Å². The lowest BCUT2D eigenvalue weighted by atomic mass is 10.1. The number of carbonyl (C=O) groups excluding carboxylic acids is 2. The number of fused-ring (bicyclic) bond motifs is 1. The van der Waals surface area contributed by atoms with Gasteiger partial charge in [-0.15, -0.1) is 0 Å². The Balaban J connectivity index is 1.82. The van der Waals surface area contributed by atoms with Crippen LogP contribution in [0.1, 0.15) is 22.8 Å². The van der Waals surface area contributed by atoms with E-state index in [1.165, 1.54) is 13.2 Å². The van der Waals surface area contributed by atoms with E-state index in [1.54, 1.807) is 36.4 Å². The van der Waals surface area contributed by atoms with E-state index < -0.39 is 0 Å². The van der Waals surface area contributed by atoms with Gasteiger partial charge in [0.05, 0.1) is 24.4 Å². The molecule has 0 fully saturated rings. The molecule has 27 heavy (non-hydrogen) atoms. The maximum atomic E-state index is 12.5. The number of carbonyl (C=O) groups is 2. The number of rotatable bonds is 6. The van der Waals surface area contributed by atoms with Crippen LogP contribution in [0.15, 0.2) is 36.4 Å². The topological polar surface area (TPSA) is 73.9 Å². The molecule has 140 valence electrons. The highest BCUT2D eigenvalue weighted by atomic mass is 35.5. The molecule has 1 amide bonds. The molecule has 1 heterocycles. The van der Waals surface area contributed by atoms with Gasteiger partial charge in [-0.3, -0.25) is 9.59 Å². The van der Waals surface area contributed by atoms with Crippen LogP contribution < -0.4 is 19.5 Å². The molecule has 0 radical (unpaired) electrons. The summed E-state index contributed by atoms with van der Waals surface area (Å²) in [4.78, 5) is 23.9. The van der Waals surface area contributed by atoms with Crippen LogP contribution in [0, 0.1) is 0 Å². The summed E-state index contributed by atoms with van der Waals surface area (Å²) in [6, 6.07) is 8.33. The first-order valence-electron chi connectivity index (χ1n) is 8.31. The molecule has 0 saturated heterocycles. The van der Waals surface area contributed by atoms with Crippen molar-refractivity contribution in [3.63, 3.8) is 0 Å². The highest BCUT2D eigenvalue weighted by molar-refractivity contribution is 6.32. The predicted octanol–water partition coefficient (Wildman–Crippen LogP) is 3.97. The third-order valence-electron chi connectivity index (χ3n) is 3.86. The fraction of sp³-hybridized carbons (Fsp3) is 0.200. The van der Waals surface area contributed by atoms with E-state index in [9.17, 15) is 9.59 Å². The number of ether oxygens (including phenoxy) is 3. The first kappa shape index (κ1) is 18.8. The van der Waals surface area contributed by atoms with Gasteiger partial charge in [-0.05, 0) is 48.9 Å². The molecule has 2 aromatic carbocycles. The Hall–Kier alpha value is -2.99. The van der Waals surface area contributed by atoms with Crippen molar-refractivity contribution in [3.05, 3.63) is 52.6 Å². The van der Waals surface area contributed by atoms with Crippen LogP contribution >= 0.6 is 11.6 Å². The van der Waals surface area contributed by atoms with Gasteiger partial charge in [-0.25, -0.2) is 0 Å². The highest BCUT2D eigenvalue weighted by Gasteiger charge is 2.17. The SMILES string of the molecule is CCOc1c(Cl)cc(/C=C/C(=O)c2ccc3c(c2)NC(=O)CO3)cc1OC. The van der Waals surface area contributed by atoms with E-state index >= 15 is 0 Å². The number of ketones is 1. The standard InChI is InChI=1S/C20H18ClNO5/c1-3-26-20-14(21)8-12(9-18(20)25-2)4-6-16(23)13-5-7-17-15(10-13)22-19(24)11-27-17/h4-10H,3,11H2,1-2H3,(H,22,24)/b6-4+. The van der Waals surface area contributed by atoms with Gasteiger partial charge in [0.1, 0.15) is 5.75 Å². The lowest BCUT2D eigenvalue weighted by molar-refractivity contribution is -0.118. The summed E-state index contributed by atoms with van der Waals surface area (Å²) < 4.78 is 16.1. The average molecular weight is 388 g/mol. The van der Waals surface area contributed by atoms with E-state index in [4.69, 9.17) is 25.8 Å². The molecule has 6 nitrogen and oxygen atoms in total. The Kier molecular flexibility index (Phi) is 5.66. The molecule has 0 atom stereocenters. The molecule has 1 aliphatic rings. The largest absolute Gasteiger partial charge is 0.493 e. The summed E-state index contributed by atoms with van der Waals surface area (Å²) in [5, 5.41) is 3.08. The molecular formula is C20H18ClNO5. The van der Waals surface area contributed by atoms with Crippen LogP contribution in [0.3, 0.4) is 0 Å². The number of amides is 1. The van der Waals surface area contributed by atoms with Gasteiger partial charge in [0.15, 0.2) is 23.9 Å². The molecule has 0 bridgehead atoms. The second kappa shape index (κ2) is 8.14. The number of anilines is 1. The molecule has 1 aliphatic heterocycles. The number of hydrogen-bond donors (Lipinski definition) is 1. The van der Waals surface area contributed by atoms with Crippen LogP contribution in [0.4, 0.5) is 5.69 Å². The van der Waals surface area contributed by atoms with Gasteiger partial charge in [0.2, 0.25) is 0 Å². The van der Waals surface area contributed by atoms with Crippen molar-refractivity contribution in [2.45, 2.75) is 6.92 Å². The predicted molar refractivity (Wildman–Crippen MR) is 103 cm³/mol. The molecule has 3 rings (SSSR count). The van der Waals surface area contributed by atoms with E-state index in [-0.39, 0.29) is 18.3 Å². The molecule has 2 aromatic rings. The van der Waals surface area contributed by atoms with Crippen molar-refractivity contribution in [1.29, 1.82) is 0 Å². The molecule has 0 aromatic heterocycles. The maximum absolute atomic E-state index is 12.5. The van der Waals surface area contributed by atoms with E-state index in [2.05, 4.69) is 5.32 Å². The zero-order valence-electron chi connectivity index (χ0n) is 14.9. The number of hydrogen-bond acceptors (Lipinski definition) is 5. The third kappa shape index (κ3) is 4.23. The monoisotopic (exact) mass is 387 g/mol. The highest BCUT2D eigenvalue weighted by Crippen LogP contribution is 2.37. The van der Waals surface area contributed by atoms with Crippen LogP contribution in [-0.2, 0) is 4.79 Å². The molecule has 0 aliphatic carbocycles. The summed E-state index contributed by atoms with van der Waals surface area (Å²) in [6.07, 6.45) is 3.07. The second-order valence-corrected chi connectivity index (χ2v) is 6.12. The lowest BCUT2D eigenvalue weighted by Crippen LogP contribution is -2.25. The molecule has 7 heteroatoms. The minimum Gasteiger partial charge on any atom is -0.493 e. The normalized spacial score (nSPS) is 12.9. The van der Waals surface area contributed by atoms with Gasteiger partial charge >= 0.3 is 0 Å². The Morgan fingerprint density at radius 1 is 1.33 bits per heavy atom. The molecule has 0 saturated carbocycles. The van der Waals surface area contributed by atoms with Crippen molar-refractivity contribution in [1.82, 2.24) is 0 Å². The first-order chi connectivity index (χ1) is 13.0. The van der Waals surface area contributed by atoms with E-state index in [0.717, 1.165) is 0 Å². The van der Waals surface area contributed by atoms with Gasteiger partial charge in [-0.1, -0.05) is 17.7 Å². The zero-order valence-corrected chi connectivity index (χ0v) is 15.6. The zero-order chi connectivity index (χ0) is 19.4. The quantitative estimate of drug-likeness (QED) is 0.599. The summed E-state index contributed by atoms with van der Waals surface area (Å²) >= 11 is 6.24. The number of halogens is 1. The smallest absolute Gasteiger partial charge is 0.262 e. The fourth-order valence-corrected chi connectivity index (χ4v) is 2.90. The van der Waals surface area contributed by atoms with Crippen molar-refractivity contribution >= 4 is 35.1 Å². The van der Waals surface area contributed by atoms with Gasteiger partial charge < -0.3 is 19.5 Å².